The largest absolute Gasteiger partial charge is 0.454 e. The van der Waals surface area contributed by atoms with E-state index >= 15 is 0 Å². The zero-order valence-corrected chi connectivity index (χ0v) is 13.1. The number of amides is 1. The Bertz CT molecular complexity index is 592. The van der Waals surface area contributed by atoms with Crippen LogP contribution in [-0.2, 0) is 17.8 Å². The van der Waals surface area contributed by atoms with Crippen LogP contribution in [0.1, 0.15) is 43.7 Å². The fourth-order valence-electron chi connectivity index (χ4n) is 4.08. The second-order valence-corrected chi connectivity index (χ2v) is 6.82. The third-order valence-corrected chi connectivity index (χ3v) is 5.52. The lowest BCUT2D eigenvalue weighted by atomic mass is 9.90. The highest BCUT2D eigenvalue weighted by molar-refractivity contribution is 5.79. The molecule has 22 heavy (non-hydrogen) atoms. The fraction of sp³-hybridized carbons (Fsp3) is 0.611. The van der Waals surface area contributed by atoms with Crippen molar-refractivity contribution in [2.24, 2.45) is 11.8 Å². The molecule has 1 unspecified atom stereocenters. The van der Waals surface area contributed by atoms with Crippen LogP contribution in [0.25, 0.3) is 0 Å². The summed E-state index contributed by atoms with van der Waals surface area (Å²) in [5.41, 5.74) is 2.50. The van der Waals surface area contributed by atoms with E-state index in [2.05, 4.69) is 19.1 Å². The minimum atomic E-state index is 0.165. The van der Waals surface area contributed by atoms with Crippen LogP contribution in [0.3, 0.4) is 0 Å². The molecule has 0 saturated heterocycles. The maximum absolute atomic E-state index is 12.8. The van der Waals surface area contributed by atoms with E-state index < -0.39 is 0 Å². The van der Waals surface area contributed by atoms with Gasteiger partial charge in [-0.2, -0.15) is 0 Å². The standard InChI is InChI=1S/C18H23NO3/c1-12(13-4-2-3-5-13)18(20)19-7-6-14-8-16-17(22-11-21-16)9-15(14)10-19/h8-9,12-13H,2-7,10-11H2,1H3. The van der Waals surface area contributed by atoms with Crippen molar-refractivity contribution in [3.8, 4) is 11.5 Å². The van der Waals surface area contributed by atoms with Gasteiger partial charge in [-0.05, 0) is 48.4 Å². The summed E-state index contributed by atoms with van der Waals surface area (Å²) in [5.74, 6) is 2.74. The molecule has 1 aromatic carbocycles. The molecule has 2 heterocycles. The Morgan fingerprint density at radius 2 is 1.86 bits per heavy atom. The van der Waals surface area contributed by atoms with Crippen LogP contribution in [0.2, 0.25) is 0 Å². The third-order valence-electron chi connectivity index (χ3n) is 5.52. The van der Waals surface area contributed by atoms with Crippen molar-refractivity contribution in [2.45, 2.75) is 45.6 Å². The van der Waals surface area contributed by atoms with Gasteiger partial charge in [-0.3, -0.25) is 4.79 Å². The van der Waals surface area contributed by atoms with Gasteiger partial charge in [-0.15, -0.1) is 0 Å². The Morgan fingerprint density at radius 3 is 2.59 bits per heavy atom. The molecule has 0 N–H and O–H groups in total. The van der Waals surface area contributed by atoms with Crippen LogP contribution in [-0.4, -0.2) is 24.1 Å². The fourth-order valence-corrected chi connectivity index (χ4v) is 4.08. The first-order valence-corrected chi connectivity index (χ1v) is 8.42. The average Bonchev–Trinajstić information content (AvgIpc) is 3.21. The number of nitrogens with zero attached hydrogens (tertiary/aromatic N) is 1. The topological polar surface area (TPSA) is 38.8 Å². The van der Waals surface area contributed by atoms with Gasteiger partial charge < -0.3 is 14.4 Å². The molecule has 4 heteroatoms. The van der Waals surface area contributed by atoms with Crippen molar-refractivity contribution < 1.29 is 14.3 Å². The molecule has 0 radical (unpaired) electrons. The monoisotopic (exact) mass is 301 g/mol. The van der Waals surface area contributed by atoms with Crippen LogP contribution >= 0.6 is 0 Å². The van der Waals surface area contributed by atoms with Crippen LogP contribution < -0.4 is 9.47 Å². The Hall–Kier alpha value is -1.71. The number of rotatable bonds is 2. The van der Waals surface area contributed by atoms with Crippen LogP contribution in [0, 0.1) is 11.8 Å². The molecule has 0 aromatic heterocycles. The first-order valence-electron chi connectivity index (χ1n) is 8.42. The van der Waals surface area contributed by atoms with Gasteiger partial charge in [0.05, 0.1) is 0 Å². The highest BCUT2D eigenvalue weighted by Crippen LogP contribution is 2.38. The van der Waals surface area contributed by atoms with Crippen molar-refractivity contribution in [3.05, 3.63) is 23.3 Å². The highest BCUT2D eigenvalue weighted by Gasteiger charge is 2.32. The minimum Gasteiger partial charge on any atom is -0.454 e. The Labute approximate surface area is 131 Å². The molecule has 1 aromatic rings. The van der Waals surface area contributed by atoms with E-state index in [0.717, 1.165) is 24.5 Å². The average molecular weight is 301 g/mol. The van der Waals surface area contributed by atoms with Crippen LogP contribution in [0.4, 0.5) is 0 Å². The lowest BCUT2D eigenvalue weighted by Crippen LogP contribution is -2.40. The minimum absolute atomic E-state index is 0.165. The predicted octanol–water partition coefficient (Wildman–Crippen LogP) is 3.13. The van der Waals surface area contributed by atoms with Crippen molar-refractivity contribution in [2.75, 3.05) is 13.3 Å². The first kappa shape index (κ1) is 13.9. The third kappa shape index (κ3) is 2.34. The summed E-state index contributed by atoms with van der Waals surface area (Å²) in [6.45, 7) is 3.96. The van der Waals surface area contributed by atoms with E-state index in [1.165, 1.54) is 36.8 Å². The van der Waals surface area contributed by atoms with E-state index in [1.807, 2.05) is 4.90 Å². The second kappa shape index (κ2) is 5.49. The van der Waals surface area contributed by atoms with E-state index in [0.29, 0.717) is 25.2 Å². The van der Waals surface area contributed by atoms with E-state index in [4.69, 9.17) is 9.47 Å². The molecule has 1 saturated carbocycles. The predicted molar refractivity (Wildman–Crippen MR) is 82.8 cm³/mol. The van der Waals surface area contributed by atoms with Gasteiger partial charge in [-0.25, -0.2) is 0 Å². The molecule has 118 valence electrons. The van der Waals surface area contributed by atoms with Gasteiger partial charge in [0.2, 0.25) is 12.7 Å². The van der Waals surface area contributed by atoms with Gasteiger partial charge >= 0.3 is 0 Å². The van der Waals surface area contributed by atoms with Gasteiger partial charge in [0.15, 0.2) is 11.5 Å². The van der Waals surface area contributed by atoms with Gasteiger partial charge in [-0.1, -0.05) is 19.8 Å². The van der Waals surface area contributed by atoms with Gasteiger partial charge in [0.1, 0.15) is 0 Å². The number of fused-ring (bicyclic) bond motifs is 2. The Morgan fingerprint density at radius 1 is 1.18 bits per heavy atom. The molecule has 4 rings (SSSR count). The van der Waals surface area contributed by atoms with Crippen molar-refractivity contribution in [1.82, 2.24) is 4.90 Å². The summed E-state index contributed by atoms with van der Waals surface area (Å²) in [7, 11) is 0. The summed E-state index contributed by atoms with van der Waals surface area (Å²) in [5, 5.41) is 0. The van der Waals surface area contributed by atoms with Gasteiger partial charge in [0.25, 0.3) is 0 Å². The summed E-state index contributed by atoms with van der Waals surface area (Å²) in [6.07, 6.45) is 5.92. The summed E-state index contributed by atoms with van der Waals surface area (Å²) < 4.78 is 10.9. The van der Waals surface area contributed by atoms with E-state index in [1.54, 1.807) is 0 Å². The normalized spacial score (nSPS) is 21.8. The number of carbonyl (C=O) groups excluding carboxylic acids is 1. The number of benzene rings is 1. The molecule has 3 aliphatic rings. The molecule has 1 amide bonds. The Balaban J connectivity index is 1.50. The SMILES string of the molecule is CC(C(=O)N1CCc2cc3c(cc2C1)OCO3)C1CCCC1. The highest BCUT2D eigenvalue weighted by atomic mass is 16.7. The molecule has 1 atom stereocenters. The first-order chi connectivity index (χ1) is 10.7. The maximum Gasteiger partial charge on any atom is 0.231 e. The summed E-state index contributed by atoms with van der Waals surface area (Å²) >= 11 is 0. The number of ether oxygens (including phenoxy) is 2. The summed E-state index contributed by atoms with van der Waals surface area (Å²) in [6, 6.07) is 4.14. The molecule has 2 aliphatic heterocycles. The lowest BCUT2D eigenvalue weighted by molar-refractivity contribution is -0.137. The number of hydrogen-bond donors (Lipinski definition) is 0. The lowest BCUT2D eigenvalue weighted by Gasteiger charge is -2.32. The quantitative estimate of drug-likeness (QED) is 0.842. The number of hydrogen-bond acceptors (Lipinski definition) is 3. The molecule has 0 spiro atoms. The molecular weight excluding hydrogens is 278 g/mol. The second-order valence-electron chi connectivity index (χ2n) is 6.82. The molecule has 0 bridgehead atoms. The van der Waals surface area contributed by atoms with E-state index in [9.17, 15) is 4.79 Å². The summed E-state index contributed by atoms with van der Waals surface area (Å²) in [4.78, 5) is 14.8. The van der Waals surface area contributed by atoms with Crippen LogP contribution in [0.15, 0.2) is 12.1 Å². The Kier molecular flexibility index (Phi) is 3.47. The maximum atomic E-state index is 12.8. The van der Waals surface area contributed by atoms with Crippen molar-refractivity contribution in [1.29, 1.82) is 0 Å². The number of carbonyl (C=O) groups is 1. The zero-order chi connectivity index (χ0) is 15.1. The molecule has 1 fully saturated rings. The molecule has 1 aliphatic carbocycles. The zero-order valence-electron chi connectivity index (χ0n) is 13.1. The molecular formula is C18H23NO3. The van der Waals surface area contributed by atoms with Crippen molar-refractivity contribution >= 4 is 5.91 Å². The van der Waals surface area contributed by atoms with E-state index in [-0.39, 0.29) is 5.92 Å². The molecule has 4 nitrogen and oxygen atoms in total. The van der Waals surface area contributed by atoms with Crippen molar-refractivity contribution in [3.63, 3.8) is 0 Å². The van der Waals surface area contributed by atoms with Crippen LogP contribution in [0.5, 0.6) is 11.5 Å². The van der Waals surface area contributed by atoms with Gasteiger partial charge in [0, 0.05) is 19.0 Å². The smallest absolute Gasteiger partial charge is 0.231 e.